The van der Waals surface area contributed by atoms with Gasteiger partial charge in [-0.3, -0.25) is 4.79 Å². The van der Waals surface area contributed by atoms with Gasteiger partial charge in [-0.25, -0.2) is 0 Å². The Bertz CT molecular complexity index is 433. The molecule has 0 amide bonds. The quantitative estimate of drug-likeness (QED) is 0.410. The van der Waals surface area contributed by atoms with Gasteiger partial charge in [-0.1, -0.05) is 25.0 Å². The van der Waals surface area contributed by atoms with Gasteiger partial charge in [0.1, 0.15) is 6.61 Å². The topological polar surface area (TPSA) is 54.0 Å². The van der Waals surface area contributed by atoms with Crippen LogP contribution in [-0.2, 0) is 14.3 Å². The first-order valence-electron chi connectivity index (χ1n) is 8.27. The van der Waals surface area contributed by atoms with Crippen molar-refractivity contribution in [2.45, 2.75) is 39.0 Å². The first kappa shape index (κ1) is 19.3. The van der Waals surface area contributed by atoms with E-state index >= 15 is 0 Å². The largest absolute Gasteiger partial charge is 0.490 e. The van der Waals surface area contributed by atoms with E-state index in [4.69, 9.17) is 18.9 Å². The summed E-state index contributed by atoms with van der Waals surface area (Å²) in [6.45, 7) is 3.98. The molecule has 0 aliphatic heterocycles. The Morgan fingerprint density at radius 2 is 1.57 bits per heavy atom. The lowest BCUT2D eigenvalue weighted by atomic mass is 10.1. The van der Waals surface area contributed by atoms with E-state index in [9.17, 15) is 4.79 Å². The molecule has 23 heavy (non-hydrogen) atoms. The van der Waals surface area contributed by atoms with E-state index in [1.807, 2.05) is 31.2 Å². The van der Waals surface area contributed by atoms with Crippen molar-refractivity contribution in [1.29, 1.82) is 0 Å². The zero-order chi connectivity index (χ0) is 16.8. The zero-order valence-corrected chi connectivity index (χ0v) is 14.2. The molecule has 0 unspecified atom stereocenters. The van der Waals surface area contributed by atoms with Gasteiger partial charge in [0.25, 0.3) is 0 Å². The maximum Gasteiger partial charge on any atom is 0.305 e. The minimum Gasteiger partial charge on any atom is -0.490 e. The van der Waals surface area contributed by atoms with Crippen molar-refractivity contribution < 1.29 is 23.7 Å². The Hall–Kier alpha value is -1.75. The van der Waals surface area contributed by atoms with Crippen LogP contribution in [0.15, 0.2) is 24.3 Å². The first-order valence-corrected chi connectivity index (χ1v) is 8.27. The van der Waals surface area contributed by atoms with Gasteiger partial charge in [0, 0.05) is 13.5 Å². The highest BCUT2D eigenvalue weighted by Gasteiger charge is 2.04. The van der Waals surface area contributed by atoms with Gasteiger partial charge in [0.2, 0.25) is 0 Å². The molecule has 130 valence electrons. The second-order valence-electron chi connectivity index (χ2n) is 5.11. The van der Waals surface area contributed by atoms with Crippen LogP contribution >= 0.6 is 0 Å². The molecule has 0 saturated carbocycles. The molecule has 0 fully saturated rings. The average molecular weight is 324 g/mol. The van der Waals surface area contributed by atoms with E-state index in [0.29, 0.717) is 32.8 Å². The van der Waals surface area contributed by atoms with Crippen molar-refractivity contribution in [2.75, 3.05) is 33.5 Å². The summed E-state index contributed by atoms with van der Waals surface area (Å²) in [6, 6.07) is 7.65. The Morgan fingerprint density at radius 3 is 2.22 bits per heavy atom. The molecule has 1 aromatic carbocycles. The number of hydrogen-bond acceptors (Lipinski definition) is 5. The summed E-state index contributed by atoms with van der Waals surface area (Å²) < 4.78 is 21.3. The van der Waals surface area contributed by atoms with Gasteiger partial charge in [-0.2, -0.15) is 0 Å². The van der Waals surface area contributed by atoms with Gasteiger partial charge in [0.15, 0.2) is 11.5 Å². The monoisotopic (exact) mass is 324 g/mol. The van der Waals surface area contributed by atoms with Crippen LogP contribution in [0.25, 0.3) is 0 Å². The molecule has 0 N–H and O–H groups in total. The van der Waals surface area contributed by atoms with E-state index in [-0.39, 0.29) is 5.97 Å². The molecule has 0 spiro atoms. The molecule has 0 bridgehead atoms. The number of para-hydroxylation sites is 2. The maximum absolute atomic E-state index is 11.2. The van der Waals surface area contributed by atoms with Crippen molar-refractivity contribution in [2.24, 2.45) is 0 Å². The molecule has 5 nitrogen and oxygen atoms in total. The van der Waals surface area contributed by atoms with Gasteiger partial charge in [-0.05, 0) is 31.9 Å². The van der Waals surface area contributed by atoms with Crippen molar-refractivity contribution in [3.8, 4) is 11.5 Å². The van der Waals surface area contributed by atoms with Crippen LogP contribution < -0.4 is 9.47 Å². The SMILES string of the molecule is CCOC(=O)CCCCCCOc1ccccc1OCCOC. The highest BCUT2D eigenvalue weighted by Crippen LogP contribution is 2.26. The van der Waals surface area contributed by atoms with Crippen molar-refractivity contribution >= 4 is 5.97 Å². The Kier molecular flexibility index (Phi) is 10.7. The summed E-state index contributed by atoms with van der Waals surface area (Å²) in [4.78, 5) is 11.2. The number of carbonyl (C=O) groups is 1. The third-order valence-corrected chi connectivity index (χ3v) is 3.23. The Morgan fingerprint density at radius 1 is 0.913 bits per heavy atom. The molecule has 0 heterocycles. The highest BCUT2D eigenvalue weighted by atomic mass is 16.5. The van der Waals surface area contributed by atoms with E-state index < -0.39 is 0 Å². The number of benzene rings is 1. The van der Waals surface area contributed by atoms with Crippen LogP contribution in [0.2, 0.25) is 0 Å². The van der Waals surface area contributed by atoms with Crippen molar-refractivity contribution in [3.63, 3.8) is 0 Å². The summed E-state index contributed by atoms with van der Waals surface area (Å²) in [5.74, 6) is 1.40. The van der Waals surface area contributed by atoms with E-state index in [1.165, 1.54) is 0 Å². The molecular weight excluding hydrogens is 296 g/mol. The third-order valence-electron chi connectivity index (χ3n) is 3.23. The average Bonchev–Trinajstić information content (AvgIpc) is 2.55. The molecule has 1 rings (SSSR count). The van der Waals surface area contributed by atoms with Gasteiger partial charge >= 0.3 is 5.97 Å². The van der Waals surface area contributed by atoms with Crippen LogP contribution in [0.3, 0.4) is 0 Å². The molecule has 0 saturated heterocycles. The standard InChI is InChI=1S/C18H28O5/c1-3-21-18(19)12-6-4-5-9-13-22-16-10-7-8-11-17(16)23-15-14-20-2/h7-8,10-11H,3-6,9,12-15H2,1-2H3. The number of esters is 1. The van der Waals surface area contributed by atoms with E-state index in [0.717, 1.165) is 37.2 Å². The summed E-state index contributed by atoms with van der Waals surface area (Å²) >= 11 is 0. The fraction of sp³-hybridized carbons (Fsp3) is 0.611. The summed E-state index contributed by atoms with van der Waals surface area (Å²) in [7, 11) is 1.65. The predicted molar refractivity (Wildman–Crippen MR) is 89.0 cm³/mol. The number of carbonyl (C=O) groups excluding carboxylic acids is 1. The fourth-order valence-electron chi connectivity index (χ4n) is 2.06. The molecule has 5 heteroatoms. The third kappa shape index (κ3) is 9.08. The predicted octanol–water partition coefficient (Wildman–Crippen LogP) is 3.60. The second-order valence-corrected chi connectivity index (χ2v) is 5.11. The molecule has 0 aliphatic rings. The van der Waals surface area contributed by atoms with Crippen molar-refractivity contribution in [1.82, 2.24) is 0 Å². The van der Waals surface area contributed by atoms with Crippen LogP contribution in [0.4, 0.5) is 0 Å². The molecule has 0 aliphatic carbocycles. The van der Waals surface area contributed by atoms with Gasteiger partial charge in [-0.15, -0.1) is 0 Å². The molecule has 0 atom stereocenters. The van der Waals surface area contributed by atoms with Crippen LogP contribution in [0.5, 0.6) is 11.5 Å². The smallest absolute Gasteiger partial charge is 0.305 e. The lowest BCUT2D eigenvalue weighted by Crippen LogP contribution is -2.06. The molecule has 1 aromatic rings. The van der Waals surface area contributed by atoms with Gasteiger partial charge < -0.3 is 18.9 Å². The van der Waals surface area contributed by atoms with E-state index in [1.54, 1.807) is 7.11 Å². The normalized spacial score (nSPS) is 10.3. The first-order chi connectivity index (χ1) is 11.3. The lowest BCUT2D eigenvalue weighted by Gasteiger charge is -2.12. The van der Waals surface area contributed by atoms with Crippen LogP contribution in [0, 0.1) is 0 Å². The fourth-order valence-corrected chi connectivity index (χ4v) is 2.06. The number of methoxy groups -OCH3 is 1. The highest BCUT2D eigenvalue weighted by molar-refractivity contribution is 5.69. The van der Waals surface area contributed by atoms with Crippen LogP contribution in [-0.4, -0.2) is 39.5 Å². The summed E-state index contributed by atoms with van der Waals surface area (Å²) in [6.07, 6.45) is 4.37. The van der Waals surface area contributed by atoms with Crippen molar-refractivity contribution in [3.05, 3.63) is 24.3 Å². The summed E-state index contributed by atoms with van der Waals surface area (Å²) in [5.41, 5.74) is 0. The molecular formula is C18H28O5. The minimum absolute atomic E-state index is 0.106. The number of hydrogen-bond donors (Lipinski definition) is 0. The zero-order valence-electron chi connectivity index (χ0n) is 14.2. The molecule has 0 aromatic heterocycles. The molecule has 0 radical (unpaired) electrons. The number of rotatable bonds is 13. The maximum atomic E-state index is 11.2. The van der Waals surface area contributed by atoms with E-state index in [2.05, 4.69) is 0 Å². The number of unbranched alkanes of at least 4 members (excludes halogenated alkanes) is 3. The Labute approximate surface area is 138 Å². The van der Waals surface area contributed by atoms with Crippen LogP contribution in [0.1, 0.15) is 39.0 Å². The minimum atomic E-state index is -0.106. The number of ether oxygens (including phenoxy) is 4. The summed E-state index contributed by atoms with van der Waals surface area (Å²) in [5, 5.41) is 0. The second kappa shape index (κ2) is 12.8. The Balaban J connectivity index is 2.14. The lowest BCUT2D eigenvalue weighted by molar-refractivity contribution is -0.143. The van der Waals surface area contributed by atoms with Gasteiger partial charge in [0.05, 0.1) is 19.8 Å².